The number of pyridine rings is 1. The van der Waals surface area contributed by atoms with Gasteiger partial charge in [-0.3, -0.25) is 14.2 Å². The van der Waals surface area contributed by atoms with Gasteiger partial charge in [-0.25, -0.2) is 0 Å². The first-order valence-electron chi connectivity index (χ1n) is 6.64. The Bertz CT molecular complexity index is 688. The van der Waals surface area contributed by atoms with Crippen molar-refractivity contribution in [3.8, 4) is 5.69 Å². The fraction of sp³-hybridized carbons (Fsp3) is 0.294. The Morgan fingerprint density at radius 1 is 1.05 bits per heavy atom. The summed E-state index contributed by atoms with van der Waals surface area (Å²) in [4.78, 5) is 24.8. The van der Waals surface area contributed by atoms with Crippen LogP contribution in [0.4, 0.5) is 0 Å². The molecule has 3 nitrogen and oxygen atoms in total. The van der Waals surface area contributed by atoms with Crippen molar-refractivity contribution < 1.29 is 4.79 Å². The van der Waals surface area contributed by atoms with E-state index in [9.17, 15) is 9.59 Å². The van der Waals surface area contributed by atoms with Gasteiger partial charge in [-0.15, -0.1) is 0 Å². The molecule has 0 amide bonds. The van der Waals surface area contributed by atoms with E-state index in [2.05, 4.69) is 0 Å². The molecule has 0 saturated carbocycles. The van der Waals surface area contributed by atoms with Crippen molar-refractivity contribution in [2.24, 2.45) is 5.41 Å². The molecule has 2 rings (SSSR count). The quantitative estimate of drug-likeness (QED) is 0.784. The molecular formula is C17H19NO2. The molecule has 0 aliphatic heterocycles. The number of ketones is 1. The van der Waals surface area contributed by atoms with E-state index in [-0.39, 0.29) is 16.9 Å². The highest BCUT2D eigenvalue weighted by Gasteiger charge is 2.25. The van der Waals surface area contributed by atoms with Crippen LogP contribution < -0.4 is 5.56 Å². The molecule has 1 heterocycles. The van der Waals surface area contributed by atoms with Crippen LogP contribution in [-0.4, -0.2) is 10.4 Å². The van der Waals surface area contributed by atoms with Crippen molar-refractivity contribution in [3.63, 3.8) is 0 Å². The number of aryl methyl sites for hydroxylation is 1. The molecule has 0 bridgehead atoms. The Labute approximate surface area is 118 Å². The standard InChI is InChI=1S/C17H19NO2/c1-12-7-9-13(10-8-12)18-11-5-6-14(16(18)20)15(19)17(2,3)4/h5-11H,1-4H3. The molecule has 1 aromatic heterocycles. The number of benzene rings is 1. The predicted octanol–water partition coefficient (Wildman–Crippen LogP) is 3.37. The van der Waals surface area contributed by atoms with E-state index in [1.165, 1.54) is 4.57 Å². The summed E-state index contributed by atoms with van der Waals surface area (Å²) < 4.78 is 1.51. The van der Waals surface area contributed by atoms with Gasteiger partial charge in [-0.05, 0) is 31.2 Å². The first kappa shape index (κ1) is 14.3. The van der Waals surface area contributed by atoms with Crippen LogP contribution in [0.2, 0.25) is 0 Å². The monoisotopic (exact) mass is 269 g/mol. The fourth-order valence-corrected chi connectivity index (χ4v) is 1.98. The van der Waals surface area contributed by atoms with Gasteiger partial charge in [0.2, 0.25) is 0 Å². The molecule has 3 heteroatoms. The van der Waals surface area contributed by atoms with Gasteiger partial charge in [0.05, 0.1) is 5.56 Å². The highest BCUT2D eigenvalue weighted by Crippen LogP contribution is 2.19. The molecule has 1 aromatic carbocycles. The number of carbonyl (C=O) groups is 1. The second kappa shape index (κ2) is 5.08. The van der Waals surface area contributed by atoms with Crippen LogP contribution in [0.3, 0.4) is 0 Å². The van der Waals surface area contributed by atoms with Gasteiger partial charge in [-0.2, -0.15) is 0 Å². The van der Waals surface area contributed by atoms with E-state index in [1.54, 1.807) is 18.3 Å². The van der Waals surface area contributed by atoms with Crippen molar-refractivity contribution in [1.29, 1.82) is 0 Å². The molecule has 0 unspecified atom stereocenters. The molecule has 0 radical (unpaired) electrons. The summed E-state index contributed by atoms with van der Waals surface area (Å²) in [6, 6.07) is 11.0. The number of Topliss-reactive ketones (excluding diaryl/α,β-unsaturated/α-hetero) is 1. The number of nitrogens with zero attached hydrogens (tertiary/aromatic N) is 1. The molecule has 2 aromatic rings. The Balaban J connectivity index is 2.56. The summed E-state index contributed by atoms with van der Waals surface area (Å²) in [5.74, 6) is -0.135. The van der Waals surface area contributed by atoms with Crippen molar-refractivity contribution in [3.05, 3.63) is 64.1 Å². The molecule has 0 spiro atoms. The zero-order valence-electron chi connectivity index (χ0n) is 12.3. The van der Waals surface area contributed by atoms with Crippen LogP contribution in [0.15, 0.2) is 47.4 Å². The summed E-state index contributed by atoms with van der Waals surface area (Å²) in [5.41, 5.74) is 1.30. The third kappa shape index (κ3) is 2.72. The van der Waals surface area contributed by atoms with E-state index < -0.39 is 5.41 Å². The van der Waals surface area contributed by atoms with Crippen molar-refractivity contribution in [2.45, 2.75) is 27.7 Å². The Morgan fingerprint density at radius 3 is 2.20 bits per heavy atom. The van der Waals surface area contributed by atoms with Crippen LogP contribution in [0.1, 0.15) is 36.7 Å². The highest BCUT2D eigenvalue weighted by atomic mass is 16.1. The van der Waals surface area contributed by atoms with Crippen molar-refractivity contribution >= 4 is 5.78 Å². The summed E-state index contributed by atoms with van der Waals surface area (Å²) in [5, 5.41) is 0. The lowest BCUT2D eigenvalue weighted by atomic mass is 9.87. The number of hydrogen-bond donors (Lipinski definition) is 0. The molecule has 20 heavy (non-hydrogen) atoms. The van der Waals surface area contributed by atoms with Gasteiger partial charge in [-0.1, -0.05) is 38.5 Å². The number of carbonyl (C=O) groups excluding carboxylic acids is 1. The summed E-state index contributed by atoms with van der Waals surface area (Å²) in [6.45, 7) is 7.44. The minimum absolute atomic E-state index is 0.135. The summed E-state index contributed by atoms with van der Waals surface area (Å²) in [6.07, 6.45) is 1.69. The predicted molar refractivity (Wildman–Crippen MR) is 80.6 cm³/mol. The zero-order valence-corrected chi connectivity index (χ0v) is 12.3. The molecule has 0 aliphatic rings. The average Bonchev–Trinajstić information content (AvgIpc) is 2.38. The average molecular weight is 269 g/mol. The van der Waals surface area contributed by atoms with Gasteiger partial charge in [0.1, 0.15) is 0 Å². The molecule has 0 N–H and O–H groups in total. The second-order valence-electron chi connectivity index (χ2n) is 6.01. The molecule has 104 valence electrons. The largest absolute Gasteiger partial charge is 0.293 e. The Morgan fingerprint density at radius 2 is 1.65 bits per heavy atom. The lowest BCUT2D eigenvalue weighted by Gasteiger charge is -2.17. The van der Waals surface area contributed by atoms with Gasteiger partial charge >= 0.3 is 0 Å². The van der Waals surface area contributed by atoms with E-state index in [0.717, 1.165) is 11.3 Å². The van der Waals surface area contributed by atoms with Gasteiger partial charge in [0, 0.05) is 17.3 Å². The van der Waals surface area contributed by atoms with Crippen LogP contribution in [0, 0.1) is 12.3 Å². The second-order valence-corrected chi connectivity index (χ2v) is 6.01. The van der Waals surface area contributed by atoms with E-state index >= 15 is 0 Å². The van der Waals surface area contributed by atoms with E-state index in [4.69, 9.17) is 0 Å². The smallest absolute Gasteiger partial charge is 0.265 e. The molecule has 0 atom stereocenters. The fourth-order valence-electron chi connectivity index (χ4n) is 1.98. The summed E-state index contributed by atoms with van der Waals surface area (Å²) >= 11 is 0. The van der Waals surface area contributed by atoms with Crippen molar-refractivity contribution in [1.82, 2.24) is 4.57 Å². The number of aromatic nitrogens is 1. The first-order chi connectivity index (χ1) is 9.30. The van der Waals surface area contributed by atoms with Crippen molar-refractivity contribution in [2.75, 3.05) is 0 Å². The van der Waals surface area contributed by atoms with Crippen LogP contribution in [0.5, 0.6) is 0 Å². The van der Waals surface area contributed by atoms with Crippen LogP contribution >= 0.6 is 0 Å². The number of rotatable bonds is 2. The van der Waals surface area contributed by atoms with E-state index in [0.29, 0.717) is 0 Å². The minimum atomic E-state index is -0.564. The molecule has 0 fully saturated rings. The zero-order chi connectivity index (χ0) is 14.9. The van der Waals surface area contributed by atoms with Gasteiger partial charge in [0.15, 0.2) is 5.78 Å². The highest BCUT2D eigenvalue weighted by molar-refractivity contribution is 5.99. The van der Waals surface area contributed by atoms with Crippen LogP contribution in [0.25, 0.3) is 5.69 Å². The SMILES string of the molecule is Cc1ccc(-n2cccc(C(=O)C(C)(C)C)c2=O)cc1. The maximum Gasteiger partial charge on any atom is 0.265 e. The van der Waals surface area contributed by atoms with Crippen LogP contribution in [-0.2, 0) is 0 Å². The lowest BCUT2D eigenvalue weighted by Crippen LogP contribution is -2.30. The Kier molecular flexibility index (Phi) is 3.62. The lowest BCUT2D eigenvalue weighted by molar-refractivity contribution is 0.0856. The first-order valence-corrected chi connectivity index (χ1v) is 6.64. The number of hydrogen-bond acceptors (Lipinski definition) is 2. The van der Waals surface area contributed by atoms with Gasteiger partial charge < -0.3 is 0 Å². The molecule has 0 saturated heterocycles. The molecular weight excluding hydrogens is 250 g/mol. The maximum absolute atomic E-state index is 12.5. The maximum atomic E-state index is 12.5. The normalized spacial score (nSPS) is 11.4. The minimum Gasteiger partial charge on any atom is -0.293 e. The third-order valence-corrected chi connectivity index (χ3v) is 3.19. The molecule has 0 aliphatic carbocycles. The third-order valence-electron chi connectivity index (χ3n) is 3.19. The topological polar surface area (TPSA) is 39.1 Å². The van der Waals surface area contributed by atoms with Gasteiger partial charge in [0.25, 0.3) is 5.56 Å². The summed E-state index contributed by atoms with van der Waals surface area (Å²) in [7, 11) is 0. The Hall–Kier alpha value is -2.16. The van der Waals surface area contributed by atoms with E-state index in [1.807, 2.05) is 52.0 Å².